The molecule has 1 heterocycles. The van der Waals surface area contributed by atoms with Gasteiger partial charge in [0.2, 0.25) is 0 Å². The highest BCUT2D eigenvalue weighted by Gasteiger charge is 2.67. The van der Waals surface area contributed by atoms with Crippen molar-refractivity contribution in [2.75, 3.05) is 0 Å². The van der Waals surface area contributed by atoms with Crippen molar-refractivity contribution in [3.63, 3.8) is 0 Å². The van der Waals surface area contributed by atoms with Crippen molar-refractivity contribution in [1.29, 1.82) is 0 Å². The minimum Gasteiger partial charge on any atom is -0.477 e. The van der Waals surface area contributed by atoms with E-state index in [1.54, 1.807) is 0 Å². The summed E-state index contributed by atoms with van der Waals surface area (Å²) < 4.78 is 0. The van der Waals surface area contributed by atoms with Gasteiger partial charge in [-0.15, -0.1) is 0 Å². The van der Waals surface area contributed by atoms with Gasteiger partial charge in [0.15, 0.2) is 5.78 Å². The fourth-order valence-corrected chi connectivity index (χ4v) is 2.68. The van der Waals surface area contributed by atoms with Crippen LogP contribution in [0.5, 0.6) is 0 Å². The van der Waals surface area contributed by atoms with E-state index in [1.165, 1.54) is 12.3 Å². The number of carboxylic acid groups (broad SMARTS) is 1. The van der Waals surface area contributed by atoms with Crippen molar-refractivity contribution in [3.05, 3.63) is 23.5 Å². The number of Topliss-reactive ketones (excluding diaryl/α,β-unsaturated/α-hetero) is 1. The number of nitrogens with one attached hydrogen (secondary N) is 1. The average Bonchev–Trinajstić information content (AvgIpc) is 2.57. The van der Waals surface area contributed by atoms with Crippen LogP contribution >= 0.6 is 0 Å². The molecule has 0 aliphatic heterocycles. The van der Waals surface area contributed by atoms with Crippen LogP contribution in [-0.2, 0) is 0 Å². The number of hydrogen-bond donors (Lipinski definition) is 2. The molecule has 1 aliphatic carbocycles. The molecule has 1 aromatic rings. The van der Waals surface area contributed by atoms with Gasteiger partial charge in [0.1, 0.15) is 5.69 Å². The van der Waals surface area contributed by atoms with E-state index < -0.39 is 5.97 Å². The molecule has 1 fully saturated rings. The van der Waals surface area contributed by atoms with Crippen molar-refractivity contribution in [2.24, 2.45) is 16.7 Å². The van der Waals surface area contributed by atoms with Gasteiger partial charge in [-0.3, -0.25) is 4.79 Å². The van der Waals surface area contributed by atoms with Gasteiger partial charge < -0.3 is 10.1 Å². The minimum absolute atomic E-state index is 0.0231. The van der Waals surface area contributed by atoms with Crippen molar-refractivity contribution < 1.29 is 14.7 Å². The van der Waals surface area contributed by atoms with Crippen LogP contribution in [-0.4, -0.2) is 21.8 Å². The molecule has 0 saturated heterocycles. The maximum absolute atomic E-state index is 12.3. The molecule has 0 atom stereocenters. The van der Waals surface area contributed by atoms with Gasteiger partial charge in [-0.1, -0.05) is 27.7 Å². The lowest BCUT2D eigenvalue weighted by atomic mass is 10.0. The Morgan fingerprint density at radius 3 is 2.12 bits per heavy atom. The highest BCUT2D eigenvalue weighted by Crippen LogP contribution is 2.69. The van der Waals surface area contributed by atoms with E-state index in [-0.39, 0.29) is 28.2 Å². The number of aromatic nitrogens is 1. The predicted molar refractivity (Wildman–Crippen MR) is 63.1 cm³/mol. The SMILES string of the molecule is CC1(C)C(C(=O)c2c[nH]c(C(=O)O)c2)C1(C)C. The molecule has 0 unspecified atom stereocenters. The van der Waals surface area contributed by atoms with E-state index in [2.05, 4.69) is 32.7 Å². The third-order valence-electron chi connectivity index (χ3n) is 4.48. The zero-order chi connectivity index (χ0) is 13.0. The van der Waals surface area contributed by atoms with E-state index in [0.717, 1.165) is 0 Å². The maximum Gasteiger partial charge on any atom is 0.352 e. The van der Waals surface area contributed by atoms with Crippen molar-refractivity contribution in [2.45, 2.75) is 27.7 Å². The Hall–Kier alpha value is -1.58. The molecule has 2 rings (SSSR count). The molecule has 1 saturated carbocycles. The van der Waals surface area contributed by atoms with E-state index >= 15 is 0 Å². The van der Waals surface area contributed by atoms with Crippen molar-refractivity contribution in [1.82, 2.24) is 4.98 Å². The van der Waals surface area contributed by atoms with Crippen LogP contribution in [0.3, 0.4) is 0 Å². The summed E-state index contributed by atoms with van der Waals surface area (Å²) in [6.45, 7) is 8.28. The lowest BCUT2D eigenvalue weighted by Gasteiger charge is -2.03. The number of aromatic carboxylic acids is 1. The molecule has 0 bridgehead atoms. The lowest BCUT2D eigenvalue weighted by molar-refractivity contribution is 0.0691. The molecule has 0 amide bonds. The van der Waals surface area contributed by atoms with Gasteiger partial charge in [-0.05, 0) is 16.9 Å². The number of rotatable bonds is 3. The summed E-state index contributed by atoms with van der Waals surface area (Å²) in [5.74, 6) is -1.05. The molecule has 2 N–H and O–H groups in total. The summed E-state index contributed by atoms with van der Waals surface area (Å²) in [6.07, 6.45) is 1.48. The van der Waals surface area contributed by atoms with Crippen LogP contribution in [0.1, 0.15) is 48.5 Å². The second-order valence-electron chi connectivity index (χ2n) is 5.85. The van der Waals surface area contributed by atoms with Gasteiger partial charge in [0, 0.05) is 17.7 Å². The zero-order valence-electron chi connectivity index (χ0n) is 10.5. The van der Waals surface area contributed by atoms with Gasteiger partial charge in [0.25, 0.3) is 0 Å². The van der Waals surface area contributed by atoms with Gasteiger partial charge in [0.05, 0.1) is 0 Å². The van der Waals surface area contributed by atoms with E-state index in [1.807, 2.05) is 0 Å². The predicted octanol–water partition coefficient (Wildman–Crippen LogP) is 2.58. The first-order valence-electron chi connectivity index (χ1n) is 5.65. The summed E-state index contributed by atoms with van der Waals surface area (Å²) >= 11 is 0. The summed E-state index contributed by atoms with van der Waals surface area (Å²) in [5.41, 5.74) is 0.478. The van der Waals surface area contributed by atoms with Crippen LogP contribution in [0, 0.1) is 16.7 Å². The van der Waals surface area contributed by atoms with Crippen LogP contribution < -0.4 is 0 Å². The largest absolute Gasteiger partial charge is 0.477 e. The number of carbonyl (C=O) groups excluding carboxylic acids is 1. The Kier molecular flexibility index (Phi) is 2.25. The quantitative estimate of drug-likeness (QED) is 0.791. The van der Waals surface area contributed by atoms with E-state index in [9.17, 15) is 9.59 Å². The molecular weight excluding hydrogens is 218 g/mol. The first-order valence-corrected chi connectivity index (χ1v) is 5.65. The van der Waals surface area contributed by atoms with Crippen LogP contribution in [0.4, 0.5) is 0 Å². The molecule has 4 nitrogen and oxygen atoms in total. The maximum atomic E-state index is 12.3. The monoisotopic (exact) mass is 235 g/mol. The zero-order valence-corrected chi connectivity index (χ0v) is 10.5. The molecule has 1 aliphatic rings. The molecule has 4 heteroatoms. The minimum atomic E-state index is -1.04. The third-order valence-corrected chi connectivity index (χ3v) is 4.48. The smallest absolute Gasteiger partial charge is 0.352 e. The number of ketones is 1. The summed E-state index contributed by atoms with van der Waals surface area (Å²) in [5, 5.41) is 8.80. The van der Waals surface area contributed by atoms with Gasteiger partial charge in [-0.25, -0.2) is 4.79 Å². The second kappa shape index (κ2) is 3.22. The number of carbonyl (C=O) groups is 2. The Balaban J connectivity index is 2.25. The van der Waals surface area contributed by atoms with E-state index in [4.69, 9.17) is 5.11 Å². The third kappa shape index (κ3) is 1.51. The fourth-order valence-electron chi connectivity index (χ4n) is 2.68. The first-order chi connectivity index (χ1) is 7.69. The first kappa shape index (κ1) is 11.9. The molecule has 0 radical (unpaired) electrons. The highest BCUT2D eigenvalue weighted by atomic mass is 16.4. The molecule has 17 heavy (non-hydrogen) atoms. The lowest BCUT2D eigenvalue weighted by Crippen LogP contribution is -2.06. The standard InChI is InChI=1S/C13H17NO3/c1-12(2)10(13(12,3)4)9(15)7-5-8(11(16)17)14-6-7/h5-6,10,14H,1-4H3,(H,16,17). The van der Waals surface area contributed by atoms with E-state index in [0.29, 0.717) is 5.56 Å². The Bertz CT molecular complexity index is 483. The van der Waals surface area contributed by atoms with Crippen LogP contribution in [0.15, 0.2) is 12.3 Å². The van der Waals surface area contributed by atoms with Crippen molar-refractivity contribution >= 4 is 11.8 Å². The van der Waals surface area contributed by atoms with Crippen molar-refractivity contribution in [3.8, 4) is 0 Å². The van der Waals surface area contributed by atoms with Crippen LogP contribution in [0.2, 0.25) is 0 Å². The van der Waals surface area contributed by atoms with Crippen LogP contribution in [0.25, 0.3) is 0 Å². The average molecular weight is 235 g/mol. The molecule has 92 valence electrons. The number of hydrogen-bond acceptors (Lipinski definition) is 2. The Morgan fingerprint density at radius 2 is 1.76 bits per heavy atom. The summed E-state index contributed by atoms with van der Waals surface area (Å²) in [4.78, 5) is 25.6. The number of H-pyrrole nitrogens is 1. The summed E-state index contributed by atoms with van der Waals surface area (Å²) in [6, 6.07) is 1.41. The summed E-state index contributed by atoms with van der Waals surface area (Å²) in [7, 11) is 0. The normalized spacial score (nSPS) is 21.2. The molecular formula is C13H17NO3. The second-order valence-corrected chi connectivity index (χ2v) is 5.85. The van der Waals surface area contributed by atoms with Gasteiger partial charge >= 0.3 is 5.97 Å². The number of carboxylic acids is 1. The molecule has 0 aromatic carbocycles. The Morgan fingerprint density at radius 1 is 1.24 bits per heavy atom. The number of aromatic amines is 1. The molecule has 1 aromatic heterocycles. The topological polar surface area (TPSA) is 70.2 Å². The molecule has 0 spiro atoms. The fraction of sp³-hybridized carbons (Fsp3) is 0.538. The Labute approximate surface area is 100 Å². The van der Waals surface area contributed by atoms with Gasteiger partial charge in [-0.2, -0.15) is 0 Å². The highest BCUT2D eigenvalue weighted by molar-refractivity contribution is 6.02.